The van der Waals surface area contributed by atoms with Crippen LogP contribution in [0.15, 0.2) is 42.9 Å². The number of hydrogen-bond donors (Lipinski definition) is 3. The van der Waals surface area contributed by atoms with E-state index >= 15 is 0 Å². The van der Waals surface area contributed by atoms with Crippen LogP contribution in [0.5, 0.6) is 0 Å². The second-order valence-corrected chi connectivity index (χ2v) is 6.35. The topological polar surface area (TPSA) is 99.8 Å². The van der Waals surface area contributed by atoms with Gasteiger partial charge >= 0.3 is 0 Å². The molecule has 0 fully saturated rings. The maximum absolute atomic E-state index is 12.3. The first-order valence-electron chi connectivity index (χ1n) is 8.65. The van der Waals surface area contributed by atoms with Crippen molar-refractivity contribution in [2.75, 3.05) is 6.54 Å². The van der Waals surface area contributed by atoms with Crippen LogP contribution >= 0.6 is 0 Å². The van der Waals surface area contributed by atoms with E-state index in [0.29, 0.717) is 0 Å². The SMILES string of the molecule is O=C(CNC(=O)c1cnccn1)N[C@@H]1CCCc2c1[nH]c1ccccc21. The predicted molar refractivity (Wildman–Crippen MR) is 96.5 cm³/mol. The summed E-state index contributed by atoms with van der Waals surface area (Å²) >= 11 is 0. The zero-order valence-electron chi connectivity index (χ0n) is 14.2. The summed E-state index contributed by atoms with van der Waals surface area (Å²) in [4.78, 5) is 35.5. The smallest absolute Gasteiger partial charge is 0.271 e. The molecule has 1 atom stereocenters. The fourth-order valence-corrected chi connectivity index (χ4v) is 3.47. The minimum Gasteiger partial charge on any atom is -0.356 e. The number of hydrogen-bond acceptors (Lipinski definition) is 4. The number of aromatic amines is 1. The maximum Gasteiger partial charge on any atom is 0.271 e. The molecule has 132 valence electrons. The van der Waals surface area contributed by atoms with Crippen molar-refractivity contribution in [2.24, 2.45) is 0 Å². The van der Waals surface area contributed by atoms with Gasteiger partial charge in [0.25, 0.3) is 5.91 Å². The zero-order chi connectivity index (χ0) is 17.9. The second kappa shape index (κ2) is 6.95. The molecule has 2 aromatic heterocycles. The highest BCUT2D eigenvalue weighted by Gasteiger charge is 2.25. The molecule has 4 rings (SSSR count). The van der Waals surface area contributed by atoms with Crippen molar-refractivity contribution in [3.8, 4) is 0 Å². The standard InChI is InChI=1S/C19H19N5O2/c25-17(11-22-19(26)16-10-20-8-9-21-16)23-15-7-3-5-13-12-4-1-2-6-14(12)24-18(13)15/h1-2,4,6,8-10,15,24H,3,5,7,11H2,(H,22,26)(H,23,25)/t15-/m1/s1. The summed E-state index contributed by atoms with van der Waals surface area (Å²) < 4.78 is 0. The monoisotopic (exact) mass is 349 g/mol. The van der Waals surface area contributed by atoms with Crippen LogP contribution in [0.4, 0.5) is 0 Å². The quantitative estimate of drug-likeness (QED) is 0.669. The molecule has 0 aliphatic heterocycles. The Bertz CT molecular complexity index is 951. The number of carbonyl (C=O) groups excluding carboxylic acids is 2. The average Bonchev–Trinajstić information content (AvgIpc) is 3.07. The van der Waals surface area contributed by atoms with E-state index in [1.165, 1.54) is 29.5 Å². The Balaban J connectivity index is 1.42. The molecule has 1 aliphatic carbocycles. The summed E-state index contributed by atoms with van der Waals surface area (Å²) in [6.45, 7) is -0.0958. The van der Waals surface area contributed by atoms with Crippen LogP contribution in [0, 0.1) is 0 Å². The molecule has 0 spiro atoms. The third-order valence-electron chi connectivity index (χ3n) is 4.66. The number of para-hydroxylation sites is 1. The fraction of sp³-hybridized carbons (Fsp3) is 0.263. The molecule has 26 heavy (non-hydrogen) atoms. The van der Waals surface area contributed by atoms with E-state index in [-0.39, 0.29) is 24.2 Å². The van der Waals surface area contributed by atoms with Gasteiger partial charge in [-0.1, -0.05) is 18.2 Å². The van der Waals surface area contributed by atoms with Gasteiger partial charge in [0.1, 0.15) is 5.69 Å². The lowest BCUT2D eigenvalue weighted by atomic mass is 9.91. The van der Waals surface area contributed by atoms with Crippen LogP contribution < -0.4 is 10.6 Å². The van der Waals surface area contributed by atoms with E-state index in [1.807, 2.05) is 18.2 Å². The van der Waals surface area contributed by atoms with Crippen LogP contribution in [0.2, 0.25) is 0 Å². The Morgan fingerprint density at radius 1 is 1.23 bits per heavy atom. The molecule has 0 saturated carbocycles. The van der Waals surface area contributed by atoms with Gasteiger partial charge in [-0.2, -0.15) is 0 Å². The molecular formula is C19H19N5O2. The first kappa shape index (κ1) is 16.3. The number of rotatable bonds is 4. The van der Waals surface area contributed by atoms with Gasteiger partial charge < -0.3 is 15.6 Å². The number of amides is 2. The Morgan fingerprint density at radius 2 is 2.12 bits per heavy atom. The Hall–Kier alpha value is -3.22. The molecule has 1 aliphatic rings. The van der Waals surface area contributed by atoms with Crippen molar-refractivity contribution in [1.29, 1.82) is 0 Å². The van der Waals surface area contributed by atoms with Gasteiger partial charge in [-0.05, 0) is 30.9 Å². The Morgan fingerprint density at radius 3 is 2.96 bits per heavy atom. The van der Waals surface area contributed by atoms with Gasteiger partial charge in [-0.25, -0.2) is 4.98 Å². The number of fused-ring (bicyclic) bond motifs is 3. The van der Waals surface area contributed by atoms with Gasteiger partial charge in [0, 0.05) is 29.0 Å². The molecule has 0 unspecified atom stereocenters. The van der Waals surface area contributed by atoms with Crippen molar-refractivity contribution in [3.63, 3.8) is 0 Å². The lowest BCUT2D eigenvalue weighted by Crippen LogP contribution is -2.39. The lowest BCUT2D eigenvalue weighted by molar-refractivity contribution is -0.121. The molecule has 1 aromatic carbocycles. The minimum atomic E-state index is -0.414. The molecule has 0 saturated heterocycles. The first-order chi connectivity index (χ1) is 12.7. The molecule has 3 aromatic rings. The summed E-state index contributed by atoms with van der Waals surface area (Å²) in [6, 6.07) is 8.12. The molecule has 2 amide bonds. The van der Waals surface area contributed by atoms with Gasteiger partial charge in [-0.3, -0.25) is 14.6 Å². The van der Waals surface area contributed by atoms with Crippen LogP contribution in [-0.2, 0) is 11.2 Å². The van der Waals surface area contributed by atoms with E-state index in [0.717, 1.165) is 30.5 Å². The van der Waals surface area contributed by atoms with Crippen LogP contribution in [0.3, 0.4) is 0 Å². The molecule has 0 radical (unpaired) electrons. The predicted octanol–water partition coefficient (Wildman–Crippen LogP) is 1.88. The largest absolute Gasteiger partial charge is 0.356 e. The third-order valence-corrected chi connectivity index (χ3v) is 4.66. The molecular weight excluding hydrogens is 330 g/mol. The summed E-state index contributed by atoms with van der Waals surface area (Å²) in [5.74, 6) is -0.637. The minimum absolute atomic E-state index is 0.0629. The van der Waals surface area contributed by atoms with Crippen molar-refractivity contribution in [1.82, 2.24) is 25.6 Å². The highest BCUT2D eigenvalue weighted by molar-refractivity contribution is 5.94. The number of H-pyrrole nitrogens is 1. The number of aryl methyl sites for hydroxylation is 1. The summed E-state index contributed by atoms with van der Waals surface area (Å²) in [5.41, 5.74) is 3.64. The highest BCUT2D eigenvalue weighted by atomic mass is 16.2. The molecule has 7 heteroatoms. The van der Waals surface area contributed by atoms with E-state index in [9.17, 15) is 9.59 Å². The molecule has 2 heterocycles. The van der Waals surface area contributed by atoms with Crippen molar-refractivity contribution in [3.05, 3.63) is 59.8 Å². The van der Waals surface area contributed by atoms with Crippen LogP contribution in [0.1, 0.15) is 40.6 Å². The lowest BCUT2D eigenvalue weighted by Gasteiger charge is -2.24. The van der Waals surface area contributed by atoms with Crippen molar-refractivity contribution in [2.45, 2.75) is 25.3 Å². The maximum atomic E-state index is 12.3. The second-order valence-electron chi connectivity index (χ2n) is 6.35. The zero-order valence-corrected chi connectivity index (χ0v) is 14.2. The van der Waals surface area contributed by atoms with Crippen molar-refractivity contribution >= 4 is 22.7 Å². The number of nitrogens with zero attached hydrogens (tertiary/aromatic N) is 2. The number of nitrogens with one attached hydrogen (secondary N) is 3. The van der Waals surface area contributed by atoms with Crippen LogP contribution in [0.25, 0.3) is 10.9 Å². The summed E-state index contributed by atoms with van der Waals surface area (Å²) in [5, 5.41) is 6.82. The van der Waals surface area contributed by atoms with Gasteiger partial charge in [0.05, 0.1) is 18.8 Å². The van der Waals surface area contributed by atoms with Gasteiger partial charge in [0.2, 0.25) is 5.91 Å². The number of benzene rings is 1. The highest BCUT2D eigenvalue weighted by Crippen LogP contribution is 2.34. The Labute approximate surface area is 150 Å². The van der Waals surface area contributed by atoms with E-state index in [4.69, 9.17) is 0 Å². The number of aromatic nitrogens is 3. The molecule has 0 bridgehead atoms. The normalized spacial score (nSPS) is 16.1. The molecule has 7 nitrogen and oxygen atoms in total. The average molecular weight is 349 g/mol. The van der Waals surface area contributed by atoms with Crippen LogP contribution in [-0.4, -0.2) is 33.3 Å². The number of carbonyl (C=O) groups is 2. The fourth-order valence-electron chi connectivity index (χ4n) is 3.47. The summed E-state index contributed by atoms with van der Waals surface area (Å²) in [6.07, 6.45) is 7.20. The summed E-state index contributed by atoms with van der Waals surface area (Å²) in [7, 11) is 0. The third kappa shape index (κ3) is 3.15. The molecule has 3 N–H and O–H groups in total. The van der Waals surface area contributed by atoms with E-state index < -0.39 is 5.91 Å². The van der Waals surface area contributed by atoms with E-state index in [1.54, 1.807) is 0 Å². The van der Waals surface area contributed by atoms with Crippen molar-refractivity contribution < 1.29 is 9.59 Å². The van der Waals surface area contributed by atoms with Gasteiger partial charge in [0.15, 0.2) is 0 Å². The van der Waals surface area contributed by atoms with Gasteiger partial charge in [-0.15, -0.1) is 0 Å². The first-order valence-corrected chi connectivity index (χ1v) is 8.65. The Kier molecular flexibility index (Phi) is 4.35. The van der Waals surface area contributed by atoms with E-state index in [2.05, 4.69) is 31.7 Å².